The number of ether oxygens (including phenoxy) is 3. The first-order chi connectivity index (χ1) is 13.3. The van der Waals surface area contributed by atoms with Crippen molar-refractivity contribution in [3.8, 4) is 11.5 Å². The molecule has 0 spiro atoms. The molecular formula is C21H26N2O5. The SMILES string of the molecule is CC(C)(C)OC(=O)OC1CN[C@H](Cc2ccc(Oc3cccnc3)cc2)[C@@H]1O. The van der Waals surface area contributed by atoms with Crippen LogP contribution < -0.4 is 10.1 Å². The van der Waals surface area contributed by atoms with Gasteiger partial charge in [-0.15, -0.1) is 0 Å². The average Bonchev–Trinajstić information content (AvgIpc) is 2.96. The first kappa shape index (κ1) is 20.1. The second kappa shape index (κ2) is 8.58. The van der Waals surface area contributed by atoms with Crippen molar-refractivity contribution in [1.29, 1.82) is 0 Å². The fourth-order valence-electron chi connectivity index (χ4n) is 2.96. The van der Waals surface area contributed by atoms with E-state index in [1.165, 1.54) is 0 Å². The second-order valence-corrected chi connectivity index (χ2v) is 7.76. The first-order valence-electron chi connectivity index (χ1n) is 9.28. The minimum atomic E-state index is -0.807. The van der Waals surface area contributed by atoms with Gasteiger partial charge in [0.05, 0.1) is 6.20 Å². The molecule has 1 aliphatic rings. The van der Waals surface area contributed by atoms with Gasteiger partial charge >= 0.3 is 6.16 Å². The largest absolute Gasteiger partial charge is 0.509 e. The number of aromatic nitrogens is 1. The van der Waals surface area contributed by atoms with E-state index in [-0.39, 0.29) is 6.04 Å². The molecule has 7 heteroatoms. The number of aliphatic hydroxyl groups excluding tert-OH is 1. The maximum Gasteiger partial charge on any atom is 0.509 e. The van der Waals surface area contributed by atoms with E-state index >= 15 is 0 Å². The molecule has 0 radical (unpaired) electrons. The van der Waals surface area contributed by atoms with Crippen molar-refractivity contribution in [2.75, 3.05) is 6.54 Å². The summed E-state index contributed by atoms with van der Waals surface area (Å²) in [6, 6.07) is 11.1. The van der Waals surface area contributed by atoms with Gasteiger partial charge in [-0.2, -0.15) is 0 Å². The van der Waals surface area contributed by atoms with Crippen molar-refractivity contribution in [1.82, 2.24) is 10.3 Å². The lowest BCUT2D eigenvalue weighted by atomic mass is 10.0. The Hall–Kier alpha value is -2.64. The summed E-state index contributed by atoms with van der Waals surface area (Å²) in [7, 11) is 0. The molecule has 0 amide bonds. The highest BCUT2D eigenvalue weighted by atomic mass is 16.7. The fourth-order valence-corrected chi connectivity index (χ4v) is 2.96. The van der Waals surface area contributed by atoms with Crippen LogP contribution in [0.5, 0.6) is 11.5 Å². The van der Waals surface area contributed by atoms with Crippen molar-refractivity contribution < 1.29 is 24.1 Å². The quantitative estimate of drug-likeness (QED) is 0.763. The average molecular weight is 386 g/mol. The van der Waals surface area contributed by atoms with Crippen LogP contribution in [0.15, 0.2) is 48.8 Å². The van der Waals surface area contributed by atoms with E-state index in [2.05, 4.69) is 10.3 Å². The Morgan fingerprint density at radius 3 is 2.61 bits per heavy atom. The van der Waals surface area contributed by atoms with Crippen LogP contribution in [0.4, 0.5) is 4.79 Å². The van der Waals surface area contributed by atoms with E-state index in [9.17, 15) is 9.90 Å². The molecule has 2 N–H and O–H groups in total. The van der Waals surface area contributed by atoms with Gasteiger partial charge in [0.1, 0.15) is 29.3 Å². The predicted octanol–water partition coefficient (Wildman–Crippen LogP) is 3.07. The number of aliphatic hydroxyl groups is 1. The molecule has 1 saturated heterocycles. The Labute approximate surface area is 164 Å². The zero-order chi connectivity index (χ0) is 20.1. The summed E-state index contributed by atoms with van der Waals surface area (Å²) in [5.74, 6) is 1.38. The summed E-state index contributed by atoms with van der Waals surface area (Å²) in [6.45, 7) is 5.68. The normalized spacial score (nSPS) is 21.9. The molecule has 1 aliphatic heterocycles. The third kappa shape index (κ3) is 5.68. The molecule has 0 bridgehead atoms. The van der Waals surface area contributed by atoms with Crippen LogP contribution >= 0.6 is 0 Å². The summed E-state index contributed by atoms with van der Waals surface area (Å²) < 4.78 is 16.1. The highest BCUT2D eigenvalue weighted by Crippen LogP contribution is 2.23. The summed E-state index contributed by atoms with van der Waals surface area (Å²) in [4.78, 5) is 15.8. The molecule has 2 heterocycles. The number of nitrogens with one attached hydrogen (secondary N) is 1. The molecule has 1 aromatic carbocycles. The van der Waals surface area contributed by atoms with E-state index < -0.39 is 24.0 Å². The molecule has 1 fully saturated rings. The molecule has 0 saturated carbocycles. The van der Waals surface area contributed by atoms with Crippen molar-refractivity contribution in [2.24, 2.45) is 0 Å². The minimum Gasteiger partial charge on any atom is -0.456 e. The van der Waals surface area contributed by atoms with E-state index in [1.807, 2.05) is 36.4 Å². The Balaban J connectivity index is 1.52. The topological polar surface area (TPSA) is 89.9 Å². The van der Waals surface area contributed by atoms with Gasteiger partial charge in [-0.1, -0.05) is 12.1 Å². The smallest absolute Gasteiger partial charge is 0.456 e. The molecule has 2 aromatic rings. The van der Waals surface area contributed by atoms with Gasteiger partial charge in [0.2, 0.25) is 0 Å². The van der Waals surface area contributed by atoms with E-state index in [0.29, 0.717) is 24.5 Å². The number of carbonyl (C=O) groups is 1. The number of nitrogens with zero attached hydrogens (tertiary/aromatic N) is 1. The molecule has 150 valence electrons. The molecule has 1 aromatic heterocycles. The highest BCUT2D eigenvalue weighted by Gasteiger charge is 2.37. The van der Waals surface area contributed by atoms with E-state index in [4.69, 9.17) is 14.2 Å². The van der Waals surface area contributed by atoms with Crippen molar-refractivity contribution in [3.63, 3.8) is 0 Å². The van der Waals surface area contributed by atoms with Gasteiger partial charge in [-0.3, -0.25) is 4.98 Å². The summed E-state index contributed by atoms with van der Waals surface area (Å²) >= 11 is 0. The van der Waals surface area contributed by atoms with Crippen LogP contribution in [0, 0.1) is 0 Å². The number of pyridine rings is 1. The van der Waals surface area contributed by atoms with Crippen LogP contribution in [0.2, 0.25) is 0 Å². The van der Waals surface area contributed by atoms with Crippen LogP contribution in [0.25, 0.3) is 0 Å². The van der Waals surface area contributed by atoms with E-state index in [1.54, 1.807) is 33.2 Å². The molecule has 3 rings (SSSR count). The maximum atomic E-state index is 11.8. The number of rotatable bonds is 5. The van der Waals surface area contributed by atoms with Gasteiger partial charge in [-0.25, -0.2) is 4.79 Å². The van der Waals surface area contributed by atoms with Crippen molar-refractivity contribution >= 4 is 6.16 Å². The number of hydrogen-bond donors (Lipinski definition) is 2. The standard InChI is InChI=1S/C21H26N2O5/c1-21(2,3)28-20(25)27-18-13-23-17(19(18)24)11-14-6-8-15(9-7-14)26-16-5-4-10-22-12-16/h4-10,12,17-19,23-24H,11,13H2,1-3H3/t17-,18?,19+/m1/s1. The Morgan fingerprint density at radius 1 is 1.21 bits per heavy atom. The van der Waals surface area contributed by atoms with Crippen molar-refractivity contribution in [2.45, 2.75) is 51.0 Å². The van der Waals surface area contributed by atoms with E-state index in [0.717, 1.165) is 5.56 Å². The summed E-state index contributed by atoms with van der Waals surface area (Å²) in [6.07, 6.45) is 1.73. The third-order valence-electron chi connectivity index (χ3n) is 4.26. The van der Waals surface area contributed by atoms with Gasteiger partial charge in [0.15, 0.2) is 0 Å². The molecule has 28 heavy (non-hydrogen) atoms. The zero-order valence-electron chi connectivity index (χ0n) is 16.3. The lowest BCUT2D eigenvalue weighted by Gasteiger charge is -2.22. The second-order valence-electron chi connectivity index (χ2n) is 7.76. The number of hydrogen-bond acceptors (Lipinski definition) is 7. The maximum absolute atomic E-state index is 11.8. The highest BCUT2D eigenvalue weighted by molar-refractivity contribution is 5.61. The minimum absolute atomic E-state index is 0.211. The predicted molar refractivity (Wildman–Crippen MR) is 103 cm³/mol. The Kier molecular flexibility index (Phi) is 6.16. The van der Waals surface area contributed by atoms with Gasteiger partial charge in [-0.05, 0) is 57.0 Å². The van der Waals surface area contributed by atoms with Crippen LogP contribution in [0.3, 0.4) is 0 Å². The van der Waals surface area contributed by atoms with Gasteiger partial charge < -0.3 is 24.6 Å². The number of carbonyl (C=O) groups excluding carboxylic acids is 1. The molecular weight excluding hydrogens is 360 g/mol. The van der Waals surface area contributed by atoms with Crippen LogP contribution in [-0.4, -0.2) is 46.6 Å². The van der Waals surface area contributed by atoms with Gasteiger partial charge in [0.25, 0.3) is 0 Å². The molecule has 1 unspecified atom stereocenters. The third-order valence-corrected chi connectivity index (χ3v) is 4.26. The van der Waals surface area contributed by atoms with Gasteiger partial charge in [0, 0.05) is 18.8 Å². The molecule has 0 aliphatic carbocycles. The fraction of sp³-hybridized carbons (Fsp3) is 0.429. The first-order valence-corrected chi connectivity index (χ1v) is 9.28. The number of benzene rings is 1. The monoisotopic (exact) mass is 386 g/mol. The summed E-state index contributed by atoms with van der Waals surface area (Å²) in [5.41, 5.74) is 0.403. The molecule has 3 atom stereocenters. The Bertz CT molecular complexity index is 774. The summed E-state index contributed by atoms with van der Waals surface area (Å²) in [5, 5.41) is 13.7. The zero-order valence-corrected chi connectivity index (χ0v) is 16.3. The molecule has 7 nitrogen and oxygen atoms in total. The van der Waals surface area contributed by atoms with Crippen LogP contribution in [-0.2, 0) is 15.9 Å². The van der Waals surface area contributed by atoms with Crippen LogP contribution in [0.1, 0.15) is 26.3 Å². The Morgan fingerprint density at radius 2 is 1.96 bits per heavy atom. The van der Waals surface area contributed by atoms with Crippen molar-refractivity contribution in [3.05, 3.63) is 54.4 Å². The lowest BCUT2D eigenvalue weighted by molar-refractivity contribution is -0.0486. The lowest BCUT2D eigenvalue weighted by Crippen LogP contribution is -2.37.